The standard InChI is InChI=1S/C11H10BrNO/c12-9-6-5-7-3-1-2-4-8(7)10(9)11(13)14/h1-4H,5-6H2,(H2,13,14). The highest BCUT2D eigenvalue weighted by Crippen LogP contribution is 2.33. The molecule has 1 aromatic rings. The van der Waals surface area contributed by atoms with Crippen LogP contribution in [0.1, 0.15) is 17.5 Å². The Kier molecular flexibility index (Phi) is 2.42. The third kappa shape index (κ3) is 1.48. The lowest BCUT2D eigenvalue weighted by Gasteiger charge is -2.17. The van der Waals surface area contributed by atoms with Crippen molar-refractivity contribution in [3.8, 4) is 0 Å². The van der Waals surface area contributed by atoms with Gasteiger partial charge < -0.3 is 5.73 Å². The molecule has 0 atom stereocenters. The Balaban J connectivity index is 2.62. The molecule has 14 heavy (non-hydrogen) atoms. The Morgan fingerprint density at radius 1 is 1.29 bits per heavy atom. The first-order valence-electron chi connectivity index (χ1n) is 4.47. The molecule has 0 heterocycles. The van der Waals surface area contributed by atoms with E-state index in [0.29, 0.717) is 5.57 Å². The summed E-state index contributed by atoms with van der Waals surface area (Å²) in [7, 11) is 0. The van der Waals surface area contributed by atoms with Gasteiger partial charge in [-0.25, -0.2) is 0 Å². The van der Waals surface area contributed by atoms with Crippen LogP contribution in [0.25, 0.3) is 5.57 Å². The molecule has 2 nitrogen and oxygen atoms in total. The highest BCUT2D eigenvalue weighted by Gasteiger charge is 2.20. The molecule has 2 N–H and O–H groups in total. The molecule has 0 aliphatic heterocycles. The minimum atomic E-state index is -0.357. The van der Waals surface area contributed by atoms with Crippen molar-refractivity contribution in [1.29, 1.82) is 0 Å². The van der Waals surface area contributed by atoms with Gasteiger partial charge in [0.15, 0.2) is 0 Å². The van der Waals surface area contributed by atoms with Gasteiger partial charge >= 0.3 is 0 Å². The van der Waals surface area contributed by atoms with Gasteiger partial charge in [-0.1, -0.05) is 40.2 Å². The zero-order valence-electron chi connectivity index (χ0n) is 7.59. The average molecular weight is 252 g/mol. The van der Waals surface area contributed by atoms with Crippen LogP contribution in [0.15, 0.2) is 28.7 Å². The summed E-state index contributed by atoms with van der Waals surface area (Å²) in [4.78, 5) is 11.3. The highest BCUT2D eigenvalue weighted by atomic mass is 79.9. The lowest BCUT2D eigenvalue weighted by atomic mass is 9.90. The van der Waals surface area contributed by atoms with Crippen molar-refractivity contribution in [2.45, 2.75) is 12.8 Å². The van der Waals surface area contributed by atoms with Gasteiger partial charge in [0, 0.05) is 4.48 Å². The molecule has 2 rings (SSSR count). The predicted molar refractivity (Wildman–Crippen MR) is 59.8 cm³/mol. The summed E-state index contributed by atoms with van der Waals surface area (Å²) in [6.07, 6.45) is 1.82. The molecule has 0 saturated heterocycles. The van der Waals surface area contributed by atoms with Crippen LogP contribution in [0.2, 0.25) is 0 Å². The molecule has 72 valence electrons. The molecule has 1 aliphatic carbocycles. The van der Waals surface area contributed by atoms with E-state index in [-0.39, 0.29) is 5.91 Å². The van der Waals surface area contributed by atoms with Crippen LogP contribution in [0, 0.1) is 0 Å². The normalized spacial score (nSPS) is 15.2. The summed E-state index contributed by atoms with van der Waals surface area (Å²) in [5, 5.41) is 0. The Morgan fingerprint density at radius 2 is 2.00 bits per heavy atom. The minimum Gasteiger partial charge on any atom is -0.366 e. The van der Waals surface area contributed by atoms with Crippen molar-refractivity contribution in [2.24, 2.45) is 5.73 Å². The fourth-order valence-electron chi connectivity index (χ4n) is 1.76. The van der Waals surface area contributed by atoms with E-state index < -0.39 is 0 Å². The minimum absolute atomic E-state index is 0.357. The maximum atomic E-state index is 11.3. The van der Waals surface area contributed by atoms with E-state index in [0.717, 1.165) is 22.9 Å². The molecule has 0 spiro atoms. The number of primary amides is 1. The number of fused-ring (bicyclic) bond motifs is 1. The number of allylic oxidation sites excluding steroid dienone is 1. The largest absolute Gasteiger partial charge is 0.366 e. The van der Waals surface area contributed by atoms with Crippen LogP contribution in [0.5, 0.6) is 0 Å². The summed E-state index contributed by atoms with van der Waals surface area (Å²) in [5.74, 6) is -0.357. The van der Waals surface area contributed by atoms with Gasteiger partial charge in [-0.05, 0) is 24.0 Å². The molecule has 1 aromatic carbocycles. The van der Waals surface area contributed by atoms with Gasteiger partial charge in [0.1, 0.15) is 0 Å². The number of aryl methyl sites for hydroxylation is 1. The maximum Gasteiger partial charge on any atom is 0.250 e. The maximum absolute atomic E-state index is 11.3. The van der Waals surface area contributed by atoms with E-state index in [1.807, 2.05) is 24.3 Å². The number of carbonyl (C=O) groups excluding carboxylic acids is 1. The van der Waals surface area contributed by atoms with Crippen LogP contribution in [-0.2, 0) is 11.2 Å². The van der Waals surface area contributed by atoms with Gasteiger partial charge in [0.25, 0.3) is 0 Å². The summed E-state index contributed by atoms with van der Waals surface area (Å²) in [5.41, 5.74) is 8.15. The number of carbonyl (C=O) groups is 1. The van der Waals surface area contributed by atoms with Gasteiger partial charge in [-0.2, -0.15) is 0 Å². The molecule has 0 fully saturated rings. The van der Waals surface area contributed by atoms with E-state index in [4.69, 9.17) is 5.73 Å². The second-order valence-corrected chi connectivity index (χ2v) is 4.26. The second kappa shape index (κ2) is 3.58. The first-order chi connectivity index (χ1) is 6.70. The van der Waals surface area contributed by atoms with Gasteiger partial charge in [0.05, 0.1) is 5.57 Å². The lowest BCUT2D eigenvalue weighted by Crippen LogP contribution is -2.17. The van der Waals surface area contributed by atoms with Crippen LogP contribution in [0.4, 0.5) is 0 Å². The van der Waals surface area contributed by atoms with Crippen molar-refractivity contribution in [3.05, 3.63) is 39.9 Å². The number of benzene rings is 1. The van der Waals surface area contributed by atoms with Crippen molar-refractivity contribution in [1.82, 2.24) is 0 Å². The molecule has 3 heteroatoms. The number of halogens is 1. The third-order valence-corrected chi connectivity index (χ3v) is 3.21. The van der Waals surface area contributed by atoms with Gasteiger partial charge in [-0.3, -0.25) is 4.79 Å². The van der Waals surface area contributed by atoms with Crippen molar-refractivity contribution >= 4 is 27.4 Å². The van der Waals surface area contributed by atoms with Crippen LogP contribution < -0.4 is 5.73 Å². The molecule has 1 amide bonds. The van der Waals surface area contributed by atoms with Crippen LogP contribution >= 0.6 is 15.9 Å². The molecule has 1 aliphatic rings. The Hall–Kier alpha value is -1.09. The fourth-order valence-corrected chi connectivity index (χ4v) is 2.37. The zero-order valence-corrected chi connectivity index (χ0v) is 9.17. The van der Waals surface area contributed by atoms with Gasteiger partial charge in [-0.15, -0.1) is 0 Å². The smallest absolute Gasteiger partial charge is 0.250 e. The van der Waals surface area contributed by atoms with Crippen molar-refractivity contribution in [3.63, 3.8) is 0 Å². The third-order valence-electron chi connectivity index (χ3n) is 2.42. The topological polar surface area (TPSA) is 43.1 Å². The molecular formula is C11H10BrNO. The quantitative estimate of drug-likeness (QED) is 0.818. The number of amides is 1. The highest BCUT2D eigenvalue weighted by molar-refractivity contribution is 9.11. The summed E-state index contributed by atoms with van der Waals surface area (Å²) >= 11 is 3.40. The molecule has 0 radical (unpaired) electrons. The number of hydrogen-bond acceptors (Lipinski definition) is 1. The summed E-state index contributed by atoms with van der Waals surface area (Å²) in [6.45, 7) is 0. The van der Waals surface area contributed by atoms with E-state index in [1.54, 1.807) is 0 Å². The van der Waals surface area contributed by atoms with E-state index >= 15 is 0 Å². The summed E-state index contributed by atoms with van der Waals surface area (Å²) in [6, 6.07) is 7.89. The average Bonchev–Trinajstić information content (AvgIpc) is 2.17. The molecule has 0 aromatic heterocycles. The Morgan fingerprint density at radius 3 is 2.71 bits per heavy atom. The molecular weight excluding hydrogens is 242 g/mol. The monoisotopic (exact) mass is 251 g/mol. The van der Waals surface area contributed by atoms with Crippen molar-refractivity contribution < 1.29 is 4.79 Å². The first-order valence-corrected chi connectivity index (χ1v) is 5.26. The number of nitrogens with two attached hydrogens (primary N) is 1. The number of rotatable bonds is 1. The summed E-state index contributed by atoms with van der Waals surface area (Å²) < 4.78 is 0.920. The predicted octanol–water partition coefficient (Wildman–Crippen LogP) is 2.22. The SMILES string of the molecule is NC(=O)C1=C(Br)CCc2ccccc21. The Bertz CT molecular complexity index is 423. The van der Waals surface area contributed by atoms with Gasteiger partial charge in [0.2, 0.25) is 5.91 Å². The van der Waals surface area contributed by atoms with E-state index in [1.165, 1.54) is 5.56 Å². The molecule has 0 unspecified atom stereocenters. The number of hydrogen-bond donors (Lipinski definition) is 1. The second-order valence-electron chi connectivity index (χ2n) is 3.30. The first kappa shape index (κ1) is 9.46. The van der Waals surface area contributed by atoms with E-state index in [9.17, 15) is 4.79 Å². The van der Waals surface area contributed by atoms with E-state index in [2.05, 4.69) is 15.9 Å². The zero-order chi connectivity index (χ0) is 10.1. The van der Waals surface area contributed by atoms with Crippen LogP contribution in [-0.4, -0.2) is 5.91 Å². The Labute approximate surface area is 90.9 Å². The lowest BCUT2D eigenvalue weighted by molar-refractivity contribution is -0.112. The molecule has 0 saturated carbocycles. The fraction of sp³-hybridized carbons (Fsp3) is 0.182. The van der Waals surface area contributed by atoms with Crippen LogP contribution in [0.3, 0.4) is 0 Å². The van der Waals surface area contributed by atoms with Crippen molar-refractivity contribution in [2.75, 3.05) is 0 Å². The molecule has 0 bridgehead atoms.